The van der Waals surface area contributed by atoms with Crippen LogP contribution in [0.15, 0.2) is 48.5 Å². The monoisotopic (exact) mass is 407 g/mol. The van der Waals surface area contributed by atoms with Gasteiger partial charge in [-0.05, 0) is 60.8 Å². The third kappa shape index (κ3) is 5.92. The Morgan fingerprint density at radius 3 is 2.57 bits per heavy atom. The first kappa shape index (κ1) is 22.1. The van der Waals surface area contributed by atoms with Crippen molar-refractivity contribution in [2.75, 3.05) is 32.8 Å². The molecule has 1 amide bonds. The van der Waals surface area contributed by atoms with E-state index in [1.165, 1.54) is 12.1 Å². The van der Waals surface area contributed by atoms with Crippen LogP contribution in [0.1, 0.15) is 28.3 Å². The Balaban J connectivity index is 0.00000280. The summed E-state index contributed by atoms with van der Waals surface area (Å²) in [6, 6.07) is 13.9. The summed E-state index contributed by atoms with van der Waals surface area (Å²) in [5.74, 6) is 1.02. The fourth-order valence-corrected chi connectivity index (χ4v) is 3.44. The highest BCUT2D eigenvalue weighted by atomic mass is 35.5. The highest BCUT2D eigenvalue weighted by Gasteiger charge is 2.27. The molecule has 0 unspecified atom stereocenters. The zero-order valence-corrected chi connectivity index (χ0v) is 16.5. The molecule has 5 nitrogen and oxygen atoms in total. The van der Waals surface area contributed by atoms with Crippen molar-refractivity contribution in [2.45, 2.75) is 12.3 Å². The van der Waals surface area contributed by atoms with Crippen molar-refractivity contribution in [1.82, 2.24) is 10.6 Å². The van der Waals surface area contributed by atoms with Crippen LogP contribution in [-0.4, -0.2) is 38.7 Å². The van der Waals surface area contributed by atoms with Crippen LogP contribution in [0.2, 0.25) is 0 Å². The second-order valence-electron chi connectivity index (χ2n) is 6.79. The van der Waals surface area contributed by atoms with Crippen LogP contribution in [0.5, 0.6) is 5.75 Å². The first-order chi connectivity index (χ1) is 13.2. The van der Waals surface area contributed by atoms with Gasteiger partial charge in [-0.1, -0.05) is 12.1 Å². The predicted molar refractivity (Wildman–Crippen MR) is 111 cm³/mol. The van der Waals surface area contributed by atoms with Crippen molar-refractivity contribution in [3.05, 3.63) is 65.5 Å². The smallest absolute Gasteiger partial charge is 0.251 e. The van der Waals surface area contributed by atoms with Gasteiger partial charge in [-0.2, -0.15) is 0 Å². The average Bonchev–Trinajstić information content (AvgIpc) is 2.72. The third-order valence-corrected chi connectivity index (χ3v) is 4.92. The van der Waals surface area contributed by atoms with E-state index in [4.69, 9.17) is 10.5 Å². The number of hydrogen-bond donors (Lipinski definition) is 3. The normalized spacial score (nSPS) is 18.8. The highest BCUT2D eigenvalue weighted by Crippen LogP contribution is 2.31. The molecule has 1 aliphatic heterocycles. The number of carbonyl (C=O) groups is 1. The highest BCUT2D eigenvalue weighted by molar-refractivity contribution is 5.94. The minimum absolute atomic E-state index is 0. The summed E-state index contributed by atoms with van der Waals surface area (Å²) in [6.07, 6.45) is 1.000. The van der Waals surface area contributed by atoms with Crippen LogP contribution in [0.25, 0.3) is 0 Å². The first-order valence-electron chi connectivity index (χ1n) is 9.34. The number of rotatable bonds is 7. The van der Waals surface area contributed by atoms with Crippen LogP contribution >= 0.6 is 12.4 Å². The van der Waals surface area contributed by atoms with Crippen molar-refractivity contribution in [3.8, 4) is 5.75 Å². The zero-order valence-electron chi connectivity index (χ0n) is 15.7. The quantitative estimate of drug-likeness (QED) is 0.659. The first-order valence-corrected chi connectivity index (χ1v) is 9.34. The number of hydrogen-bond acceptors (Lipinski definition) is 4. The molecule has 3 rings (SSSR count). The second-order valence-corrected chi connectivity index (χ2v) is 6.79. The second kappa shape index (κ2) is 11.0. The molecule has 0 aromatic heterocycles. The summed E-state index contributed by atoms with van der Waals surface area (Å²) in [4.78, 5) is 11.9. The largest absolute Gasteiger partial charge is 0.493 e. The molecule has 1 aliphatic rings. The van der Waals surface area contributed by atoms with E-state index in [9.17, 15) is 9.18 Å². The molecule has 1 heterocycles. The van der Waals surface area contributed by atoms with E-state index in [1.807, 2.05) is 12.1 Å². The summed E-state index contributed by atoms with van der Waals surface area (Å²) in [5.41, 5.74) is 7.13. The number of carbonyl (C=O) groups excluding carboxylic acids is 1. The lowest BCUT2D eigenvalue weighted by molar-refractivity contribution is 0.0954. The molecule has 0 saturated carbocycles. The topological polar surface area (TPSA) is 76.4 Å². The van der Waals surface area contributed by atoms with Gasteiger partial charge in [-0.3, -0.25) is 4.79 Å². The number of nitrogens with two attached hydrogens (primary N) is 1. The molecule has 0 aliphatic carbocycles. The van der Waals surface area contributed by atoms with Gasteiger partial charge in [-0.25, -0.2) is 4.39 Å². The molecule has 1 saturated heterocycles. The molecule has 0 radical (unpaired) electrons. The SMILES string of the molecule is Cl.NCCNC(=O)c1ccc(OC[C@@H]2CNCC[C@H]2c2ccc(F)cc2)cc1. The molecule has 1 fully saturated rings. The van der Waals surface area contributed by atoms with E-state index >= 15 is 0 Å². The molecular weight excluding hydrogens is 381 g/mol. The molecule has 152 valence electrons. The van der Waals surface area contributed by atoms with Crippen molar-refractivity contribution in [1.29, 1.82) is 0 Å². The van der Waals surface area contributed by atoms with Crippen LogP contribution in [0.3, 0.4) is 0 Å². The van der Waals surface area contributed by atoms with Crippen LogP contribution in [0.4, 0.5) is 4.39 Å². The van der Waals surface area contributed by atoms with Gasteiger partial charge in [0.05, 0.1) is 6.61 Å². The van der Waals surface area contributed by atoms with E-state index in [0.29, 0.717) is 37.1 Å². The molecule has 28 heavy (non-hydrogen) atoms. The van der Waals surface area contributed by atoms with Gasteiger partial charge in [-0.15, -0.1) is 12.4 Å². The van der Waals surface area contributed by atoms with Crippen LogP contribution in [-0.2, 0) is 0 Å². The molecule has 2 aromatic rings. The summed E-state index contributed by atoms with van der Waals surface area (Å²) in [7, 11) is 0. The molecule has 4 N–H and O–H groups in total. The van der Waals surface area contributed by atoms with Crippen molar-refractivity contribution >= 4 is 18.3 Å². The number of ether oxygens (including phenoxy) is 1. The summed E-state index contributed by atoms with van der Waals surface area (Å²) >= 11 is 0. The third-order valence-electron chi connectivity index (χ3n) is 4.92. The van der Waals surface area contributed by atoms with Gasteiger partial charge >= 0.3 is 0 Å². The maximum absolute atomic E-state index is 13.2. The molecule has 0 spiro atoms. The molecule has 2 atom stereocenters. The van der Waals surface area contributed by atoms with E-state index in [2.05, 4.69) is 10.6 Å². The van der Waals surface area contributed by atoms with Gasteiger partial charge in [0.1, 0.15) is 11.6 Å². The lowest BCUT2D eigenvalue weighted by Gasteiger charge is -2.32. The Labute approximate surface area is 171 Å². The Bertz CT molecular complexity index is 740. The summed E-state index contributed by atoms with van der Waals surface area (Å²) < 4.78 is 19.2. The maximum Gasteiger partial charge on any atom is 0.251 e. The van der Waals surface area contributed by atoms with Gasteiger partial charge < -0.3 is 21.1 Å². The van der Waals surface area contributed by atoms with E-state index < -0.39 is 0 Å². The molecule has 7 heteroatoms. The molecular formula is C21H27ClFN3O2. The fraction of sp³-hybridized carbons (Fsp3) is 0.381. The van der Waals surface area contributed by atoms with Crippen molar-refractivity contribution < 1.29 is 13.9 Å². The summed E-state index contributed by atoms with van der Waals surface area (Å²) in [5, 5.41) is 6.15. The number of nitrogens with one attached hydrogen (secondary N) is 2. The van der Waals surface area contributed by atoms with Gasteiger partial charge in [0, 0.05) is 31.1 Å². The van der Waals surface area contributed by atoms with Gasteiger partial charge in [0.15, 0.2) is 0 Å². The minimum Gasteiger partial charge on any atom is -0.493 e. The van der Waals surface area contributed by atoms with E-state index in [0.717, 1.165) is 30.8 Å². The average molecular weight is 408 g/mol. The predicted octanol–water partition coefficient (Wildman–Crippen LogP) is 2.71. The standard InChI is InChI=1S/C21H26FN3O2.ClH/c22-18-5-1-15(2-6-18)20-9-11-24-13-17(20)14-27-19-7-3-16(4-8-19)21(26)25-12-10-23;/h1-8,17,20,24H,9-14,23H2,(H,25,26);1H/t17-,20-;/m0./s1. The van der Waals surface area contributed by atoms with E-state index in [-0.39, 0.29) is 24.1 Å². The Morgan fingerprint density at radius 2 is 1.89 bits per heavy atom. The van der Waals surface area contributed by atoms with Gasteiger partial charge in [0.25, 0.3) is 5.91 Å². The van der Waals surface area contributed by atoms with Crippen molar-refractivity contribution in [3.63, 3.8) is 0 Å². The Hall–Kier alpha value is -2.15. The number of benzene rings is 2. The lowest BCUT2D eigenvalue weighted by Crippen LogP contribution is -2.38. The number of halogens is 2. The summed E-state index contributed by atoms with van der Waals surface area (Å²) in [6.45, 7) is 3.24. The number of piperidine rings is 1. The minimum atomic E-state index is -0.212. The number of amides is 1. The van der Waals surface area contributed by atoms with Crippen LogP contribution < -0.4 is 21.1 Å². The van der Waals surface area contributed by atoms with Gasteiger partial charge in [0.2, 0.25) is 0 Å². The molecule has 0 bridgehead atoms. The van der Waals surface area contributed by atoms with Crippen LogP contribution in [0, 0.1) is 11.7 Å². The zero-order chi connectivity index (χ0) is 19.1. The lowest BCUT2D eigenvalue weighted by atomic mass is 9.81. The van der Waals surface area contributed by atoms with Crippen molar-refractivity contribution in [2.24, 2.45) is 11.7 Å². The fourth-order valence-electron chi connectivity index (χ4n) is 3.44. The van der Waals surface area contributed by atoms with E-state index in [1.54, 1.807) is 24.3 Å². The Morgan fingerprint density at radius 1 is 1.18 bits per heavy atom. The maximum atomic E-state index is 13.2. The molecule has 2 aromatic carbocycles. The Kier molecular flexibility index (Phi) is 8.70.